The molecule has 0 atom stereocenters. The van der Waals surface area contributed by atoms with Crippen molar-refractivity contribution in [3.8, 4) is 0 Å². The maximum atomic E-state index is 14.6. The molecule has 1 heterocycles. The molecule has 1 aromatic heterocycles. The maximum absolute atomic E-state index is 14.6. The molecule has 2 N–H and O–H groups in total. The minimum atomic E-state index is -3.86. The standard InChI is InChI=1S/C21H21ClF2N4O4S/c1-3-8-33(30,31)28-16-10-13(23)20(24)18(19(16)22)21(29)12-4-5-14-15(9-12)27-17(11-26-14)25-6-7-32-2/h4-5,9-11,28H,3,6-8H2,1-2H3,(H,25,27). The molecule has 0 aliphatic rings. The highest BCUT2D eigenvalue weighted by Crippen LogP contribution is 2.33. The van der Waals surface area contributed by atoms with Gasteiger partial charge in [0.25, 0.3) is 0 Å². The van der Waals surface area contributed by atoms with E-state index in [1.807, 2.05) is 0 Å². The minimum Gasteiger partial charge on any atom is -0.383 e. The molecule has 0 amide bonds. The summed E-state index contributed by atoms with van der Waals surface area (Å²) >= 11 is 6.15. The van der Waals surface area contributed by atoms with E-state index in [1.54, 1.807) is 14.0 Å². The molecule has 0 fully saturated rings. The van der Waals surface area contributed by atoms with Crippen LogP contribution in [0.2, 0.25) is 5.02 Å². The number of benzene rings is 2. The molecule has 0 aliphatic heterocycles. The number of methoxy groups -OCH3 is 1. The number of hydrogen-bond acceptors (Lipinski definition) is 7. The molecule has 33 heavy (non-hydrogen) atoms. The molecule has 12 heteroatoms. The molecule has 8 nitrogen and oxygen atoms in total. The predicted molar refractivity (Wildman–Crippen MR) is 122 cm³/mol. The van der Waals surface area contributed by atoms with Crippen LogP contribution in [-0.2, 0) is 14.8 Å². The van der Waals surface area contributed by atoms with E-state index in [0.717, 1.165) is 0 Å². The molecule has 3 aromatic rings. The van der Waals surface area contributed by atoms with Crippen molar-refractivity contribution in [3.05, 3.63) is 58.2 Å². The summed E-state index contributed by atoms with van der Waals surface area (Å²) in [6.07, 6.45) is 1.81. The third-order valence-electron chi connectivity index (χ3n) is 4.54. The van der Waals surface area contributed by atoms with Crippen molar-refractivity contribution in [1.29, 1.82) is 0 Å². The Morgan fingerprint density at radius 2 is 1.97 bits per heavy atom. The average Bonchev–Trinajstić information content (AvgIpc) is 2.77. The highest BCUT2D eigenvalue weighted by molar-refractivity contribution is 7.92. The Morgan fingerprint density at radius 1 is 1.21 bits per heavy atom. The van der Waals surface area contributed by atoms with Gasteiger partial charge in [-0.3, -0.25) is 14.5 Å². The first-order valence-electron chi connectivity index (χ1n) is 9.89. The number of carbonyl (C=O) groups excluding carboxylic acids is 1. The number of nitrogens with zero attached hydrogens (tertiary/aromatic N) is 2. The highest BCUT2D eigenvalue weighted by atomic mass is 35.5. The maximum Gasteiger partial charge on any atom is 0.232 e. The van der Waals surface area contributed by atoms with Crippen molar-refractivity contribution < 1.29 is 26.7 Å². The Hall–Kier alpha value is -2.89. The van der Waals surface area contributed by atoms with Gasteiger partial charge >= 0.3 is 0 Å². The number of carbonyl (C=O) groups is 1. The molecule has 0 spiro atoms. The van der Waals surface area contributed by atoms with Crippen LogP contribution in [0.5, 0.6) is 0 Å². The number of sulfonamides is 1. The van der Waals surface area contributed by atoms with E-state index in [0.29, 0.717) is 42.5 Å². The summed E-state index contributed by atoms with van der Waals surface area (Å²) in [5, 5.41) is 2.46. The summed E-state index contributed by atoms with van der Waals surface area (Å²) in [4.78, 5) is 21.7. The third kappa shape index (κ3) is 5.73. The quantitative estimate of drug-likeness (QED) is 0.247. The fraction of sp³-hybridized carbons (Fsp3) is 0.286. The van der Waals surface area contributed by atoms with E-state index < -0.39 is 43.7 Å². The van der Waals surface area contributed by atoms with Crippen LogP contribution in [0.3, 0.4) is 0 Å². The molecule has 176 valence electrons. The summed E-state index contributed by atoms with van der Waals surface area (Å²) in [5.41, 5.74) is -0.424. The summed E-state index contributed by atoms with van der Waals surface area (Å²) in [7, 11) is -2.30. The Kier molecular flexibility index (Phi) is 7.77. The van der Waals surface area contributed by atoms with Crippen LogP contribution < -0.4 is 10.0 Å². The smallest absolute Gasteiger partial charge is 0.232 e. The average molecular weight is 499 g/mol. The number of ether oxygens (including phenoxy) is 1. The van der Waals surface area contributed by atoms with Gasteiger partial charge in [-0.25, -0.2) is 22.2 Å². The number of hydrogen-bond donors (Lipinski definition) is 2. The van der Waals surface area contributed by atoms with Gasteiger partial charge in [0.15, 0.2) is 17.4 Å². The monoisotopic (exact) mass is 498 g/mol. The first-order valence-corrected chi connectivity index (χ1v) is 11.9. The number of fused-ring (bicyclic) bond motifs is 1. The van der Waals surface area contributed by atoms with Crippen molar-refractivity contribution in [1.82, 2.24) is 9.97 Å². The molecular formula is C21H21ClF2N4O4S. The normalized spacial score (nSPS) is 11.5. The summed E-state index contributed by atoms with van der Waals surface area (Å²) < 4.78 is 60.1. The lowest BCUT2D eigenvalue weighted by Gasteiger charge is -2.13. The van der Waals surface area contributed by atoms with Gasteiger partial charge in [-0.05, 0) is 24.6 Å². The lowest BCUT2D eigenvalue weighted by molar-refractivity contribution is 0.103. The first-order chi connectivity index (χ1) is 15.7. The molecule has 0 radical (unpaired) electrons. The summed E-state index contributed by atoms with van der Waals surface area (Å²) in [5.74, 6) is -3.65. The lowest BCUT2D eigenvalue weighted by Crippen LogP contribution is -2.18. The fourth-order valence-corrected chi connectivity index (χ4v) is 4.49. The first kappa shape index (κ1) is 24.7. The second kappa shape index (κ2) is 10.4. The van der Waals surface area contributed by atoms with Crippen molar-refractivity contribution in [2.45, 2.75) is 13.3 Å². The van der Waals surface area contributed by atoms with Crippen LogP contribution >= 0.6 is 11.6 Å². The topological polar surface area (TPSA) is 110 Å². The second-order valence-electron chi connectivity index (χ2n) is 7.04. The Labute approximate surface area is 194 Å². The zero-order valence-electron chi connectivity index (χ0n) is 17.8. The van der Waals surface area contributed by atoms with Gasteiger partial charge in [-0.1, -0.05) is 18.5 Å². The van der Waals surface area contributed by atoms with Gasteiger partial charge in [-0.2, -0.15) is 0 Å². The van der Waals surface area contributed by atoms with Gasteiger partial charge in [0.05, 0.1) is 45.9 Å². The van der Waals surface area contributed by atoms with Crippen LogP contribution in [0.4, 0.5) is 20.3 Å². The summed E-state index contributed by atoms with van der Waals surface area (Å²) in [6, 6.07) is 4.85. The molecule has 0 aliphatic carbocycles. The Morgan fingerprint density at radius 3 is 2.67 bits per heavy atom. The van der Waals surface area contributed by atoms with Crippen LogP contribution in [0.15, 0.2) is 30.5 Å². The Balaban J connectivity index is 2.01. The molecular weight excluding hydrogens is 478 g/mol. The van der Waals surface area contributed by atoms with Gasteiger partial charge in [0.2, 0.25) is 10.0 Å². The van der Waals surface area contributed by atoms with E-state index in [1.165, 1.54) is 24.4 Å². The van der Waals surface area contributed by atoms with Gasteiger partial charge in [0, 0.05) is 25.3 Å². The highest BCUT2D eigenvalue weighted by Gasteiger charge is 2.26. The SMILES string of the molecule is CCCS(=O)(=O)Nc1cc(F)c(F)c(C(=O)c2ccc3ncc(NCCOC)nc3c2)c1Cl. The van der Waals surface area contributed by atoms with Crippen LogP contribution in [0.1, 0.15) is 29.3 Å². The third-order valence-corrected chi connectivity index (χ3v) is 6.41. The summed E-state index contributed by atoms with van der Waals surface area (Å²) in [6.45, 7) is 2.57. The number of ketones is 1. The van der Waals surface area contributed by atoms with E-state index >= 15 is 0 Å². The molecule has 0 unspecified atom stereocenters. The lowest BCUT2D eigenvalue weighted by atomic mass is 10.0. The van der Waals surface area contributed by atoms with E-state index in [4.69, 9.17) is 16.3 Å². The number of halogens is 3. The number of nitrogens with one attached hydrogen (secondary N) is 2. The second-order valence-corrected chi connectivity index (χ2v) is 9.26. The zero-order valence-corrected chi connectivity index (χ0v) is 19.4. The minimum absolute atomic E-state index is 0.0281. The fourth-order valence-electron chi connectivity index (χ4n) is 3.03. The largest absolute Gasteiger partial charge is 0.383 e. The van der Waals surface area contributed by atoms with Crippen LogP contribution in [0.25, 0.3) is 11.0 Å². The zero-order chi connectivity index (χ0) is 24.2. The predicted octanol–water partition coefficient (Wildman–Crippen LogP) is 4.00. The van der Waals surface area contributed by atoms with Crippen molar-refractivity contribution in [2.24, 2.45) is 0 Å². The molecule has 2 aromatic carbocycles. The number of aromatic nitrogens is 2. The van der Waals surface area contributed by atoms with Crippen LogP contribution in [0, 0.1) is 11.6 Å². The molecule has 0 saturated carbocycles. The van der Waals surface area contributed by atoms with E-state index in [9.17, 15) is 22.0 Å². The molecule has 0 bridgehead atoms. The molecule has 0 saturated heterocycles. The van der Waals surface area contributed by atoms with Gasteiger partial charge < -0.3 is 10.1 Å². The van der Waals surface area contributed by atoms with E-state index in [-0.39, 0.29) is 11.3 Å². The van der Waals surface area contributed by atoms with Crippen molar-refractivity contribution >= 4 is 49.9 Å². The van der Waals surface area contributed by atoms with E-state index in [2.05, 4.69) is 20.0 Å². The Bertz CT molecular complexity index is 1310. The number of anilines is 2. The van der Waals surface area contributed by atoms with Crippen molar-refractivity contribution in [2.75, 3.05) is 36.1 Å². The van der Waals surface area contributed by atoms with Gasteiger partial charge in [0.1, 0.15) is 5.82 Å². The number of rotatable bonds is 10. The molecule has 3 rings (SSSR count). The van der Waals surface area contributed by atoms with Gasteiger partial charge in [-0.15, -0.1) is 0 Å². The van der Waals surface area contributed by atoms with Crippen LogP contribution in [-0.4, -0.2) is 50.2 Å². The van der Waals surface area contributed by atoms with Crippen molar-refractivity contribution in [3.63, 3.8) is 0 Å².